The monoisotopic (exact) mass is 530 g/mol. The van der Waals surface area contributed by atoms with Crippen molar-refractivity contribution in [1.29, 1.82) is 0 Å². The SMILES string of the molecule is C=C(C)C(=O)OC(C)Oc1cc(OCC)ccc1Sc1ccc(OCC)cc1OC(C)OC(=O)C(=C)C. The first-order chi connectivity index (χ1) is 17.5. The van der Waals surface area contributed by atoms with Crippen LogP contribution in [-0.4, -0.2) is 37.7 Å². The largest absolute Gasteiger partial charge is 0.494 e. The molecule has 0 amide bonds. The highest BCUT2D eigenvalue weighted by atomic mass is 32.2. The number of carbonyl (C=O) groups is 2. The third kappa shape index (κ3) is 9.42. The summed E-state index contributed by atoms with van der Waals surface area (Å²) in [4.78, 5) is 25.3. The standard InChI is InChI=1S/C28H34O8S/c1-9-31-21-11-13-25(23(15-21)33-19(7)35-27(29)17(3)4)37-26-14-12-22(32-10-2)16-24(26)34-20(8)36-28(30)18(5)6/h11-16,19-20H,3,5,9-10H2,1-2,4,6-8H3. The van der Waals surface area contributed by atoms with Gasteiger partial charge in [-0.1, -0.05) is 24.9 Å². The molecule has 0 saturated carbocycles. The van der Waals surface area contributed by atoms with Crippen molar-refractivity contribution in [3.05, 3.63) is 60.7 Å². The predicted molar refractivity (Wildman–Crippen MR) is 141 cm³/mol. The summed E-state index contributed by atoms with van der Waals surface area (Å²) >= 11 is 1.35. The molecule has 200 valence electrons. The first-order valence-corrected chi connectivity index (χ1v) is 12.6. The van der Waals surface area contributed by atoms with Crippen LogP contribution in [0.5, 0.6) is 23.0 Å². The van der Waals surface area contributed by atoms with Gasteiger partial charge in [-0.25, -0.2) is 9.59 Å². The van der Waals surface area contributed by atoms with Gasteiger partial charge in [0, 0.05) is 37.1 Å². The van der Waals surface area contributed by atoms with Crippen LogP contribution in [0.25, 0.3) is 0 Å². The van der Waals surface area contributed by atoms with Crippen LogP contribution in [0.2, 0.25) is 0 Å². The zero-order valence-corrected chi connectivity index (χ0v) is 22.9. The van der Waals surface area contributed by atoms with Crippen LogP contribution in [0.15, 0.2) is 70.5 Å². The Morgan fingerprint density at radius 2 is 1.14 bits per heavy atom. The molecule has 2 aromatic rings. The van der Waals surface area contributed by atoms with E-state index in [0.29, 0.717) is 46.0 Å². The molecule has 0 aliphatic heterocycles. The van der Waals surface area contributed by atoms with Gasteiger partial charge in [-0.2, -0.15) is 0 Å². The van der Waals surface area contributed by atoms with Gasteiger partial charge in [0.05, 0.1) is 23.0 Å². The van der Waals surface area contributed by atoms with Crippen molar-refractivity contribution in [2.45, 2.75) is 63.9 Å². The van der Waals surface area contributed by atoms with Gasteiger partial charge in [-0.3, -0.25) is 0 Å². The van der Waals surface area contributed by atoms with Gasteiger partial charge in [0.2, 0.25) is 12.6 Å². The maximum atomic E-state index is 11.9. The Morgan fingerprint density at radius 1 is 0.757 bits per heavy atom. The minimum atomic E-state index is -0.877. The molecule has 37 heavy (non-hydrogen) atoms. The average Bonchev–Trinajstić information content (AvgIpc) is 2.82. The van der Waals surface area contributed by atoms with E-state index in [-0.39, 0.29) is 11.1 Å². The second-order valence-electron chi connectivity index (χ2n) is 7.93. The van der Waals surface area contributed by atoms with Crippen molar-refractivity contribution in [2.24, 2.45) is 0 Å². The van der Waals surface area contributed by atoms with Crippen LogP contribution >= 0.6 is 11.8 Å². The maximum absolute atomic E-state index is 11.9. The van der Waals surface area contributed by atoms with E-state index >= 15 is 0 Å². The van der Waals surface area contributed by atoms with Crippen LogP contribution in [0, 0.1) is 0 Å². The molecule has 9 heteroatoms. The van der Waals surface area contributed by atoms with Crippen molar-refractivity contribution in [2.75, 3.05) is 13.2 Å². The fourth-order valence-corrected chi connectivity index (χ4v) is 3.79. The molecule has 8 nitrogen and oxygen atoms in total. The Hall–Kier alpha value is -3.59. The summed E-state index contributed by atoms with van der Waals surface area (Å²) in [6.45, 7) is 18.3. The van der Waals surface area contributed by atoms with E-state index in [1.54, 1.807) is 39.8 Å². The van der Waals surface area contributed by atoms with E-state index in [1.165, 1.54) is 11.8 Å². The van der Waals surface area contributed by atoms with Crippen molar-refractivity contribution in [3.63, 3.8) is 0 Å². The third-order valence-corrected chi connectivity index (χ3v) is 5.62. The molecule has 0 spiro atoms. The van der Waals surface area contributed by atoms with E-state index in [9.17, 15) is 9.59 Å². The van der Waals surface area contributed by atoms with Gasteiger partial charge in [-0.05, 0) is 52.0 Å². The van der Waals surface area contributed by atoms with Crippen molar-refractivity contribution >= 4 is 23.7 Å². The number of benzene rings is 2. The molecule has 0 radical (unpaired) electrons. The van der Waals surface area contributed by atoms with E-state index < -0.39 is 24.5 Å². The second-order valence-corrected chi connectivity index (χ2v) is 9.01. The van der Waals surface area contributed by atoms with E-state index in [2.05, 4.69) is 13.2 Å². The van der Waals surface area contributed by atoms with Crippen molar-refractivity contribution < 1.29 is 38.0 Å². The summed E-state index contributed by atoms with van der Waals surface area (Å²) < 4.78 is 33.7. The zero-order valence-electron chi connectivity index (χ0n) is 22.1. The summed E-state index contributed by atoms with van der Waals surface area (Å²) in [7, 11) is 0. The summed E-state index contributed by atoms with van der Waals surface area (Å²) in [6, 6.07) is 10.8. The number of carbonyl (C=O) groups excluding carboxylic acids is 2. The van der Waals surface area contributed by atoms with Gasteiger partial charge in [0.15, 0.2) is 0 Å². The predicted octanol–water partition coefficient (Wildman–Crippen LogP) is 6.32. The first kappa shape index (κ1) is 29.6. The number of hydrogen-bond acceptors (Lipinski definition) is 9. The Balaban J connectivity index is 2.38. The Morgan fingerprint density at radius 3 is 1.46 bits per heavy atom. The fraction of sp³-hybridized carbons (Fsp3) is 0.357. The summed E-state index contributed by atoms with van der Waals surface area (Å²) in [5.41, 5.74) is 0.538. The maximum Gasteiger partial charge on any atom is 0.336 e. The highest BCUT2D eigenvalue weighted by molar-refractivity contribution is 7.99. The molecule has 0 heterocycles. The minimum absolute atomic E-state index is 0.269. The molecule has 2 atom stereocenters. The molecular formula is C28H34O8S. The smallest absolute Gasteiger partial charge is 0.336 e. The molecule has 0 fully saturated rings. The number of hydrogen-bond donors (Lipinski definition) is 0. The van der Waals surface area contributed by atoms with Gasteiger partial charge < -0.3 is 28.4 Å². The highest BCUT2D eigenvalue weighted by Gasteiger charge is 2.19. The molecule has 0 N–H and O–H groups in total. The van der Waals surface area contributed by atoms with Crippen molar-refractivity contribution in [1.82, 2.24) is 0 Å². The van der Waals surface area contributed by atoms with Crippen molar-refractivity contribution in [3.8, 4) is 23.0 Å². The summed E-state index contributed by atoms with van der Waals surface area (Å²) in [5.74, 6) is 0.984. The van der Waals surface area contributed by atoms with Crippen LogP contribution < -0.4 is 18.9 Å². The Labute approximate surface area is 222 Å². The third-order valence-electron chi connectivity index (χ3n) is 4.50. The van der Waals surface area contributed by atoms with Gasteiger partial charge in [-0.15, -0.1) is 0 Å². The lowest BCUT2D eigenvalue weighted by atomic mass is 10.3. The van der Waals surface area contributed by atoms with E-state index in [0.717, 1.165) is 0 Å². The van der Waals surface area contributed by atoms with Gasteiger partial charge >= 0.3 is 11.9 Å². The molecule has 0 bridgehead atoms. The molecular weight excluding hydrogens is 496 g/mol. The number of ether oxygens (including phenoxy) is 6. The Bertz CT molecular complexity index is 1040. The topological polar surface area (TPSA) is 89.5 Å². The number of esters is 2. The molecule has 0 aliphatic rings. The lowest BCUT2D eigenvalue weighted by molar-refractivity contribution is -0.157. The van der Waals surface area contributed by atoms with Gasteiger partial charge in [0.25, 0.3) is 0 Å². The van der Waals surface area contributed by atoms with Crippen LogP contribution in [-0.2, 0) is 19.1 Å². The van der Waals surface area contributed by atoms with Gasteiger partial charge in [0.1, 0.15) is 23.0 Å². The molecule has 2 aromatic carbocycles. The fourth-order valence-electron chi connectivity index (χ4n) is 2.87. The van der Waals surface area contributed by atoms with Crippen LogP contribution in [0.3, 0.4) is 0 Å². The minimum Gasteiger partial charge on any atom is -0.494 e. The summed E-state index contributed by atoms with van der Waals surface area (Å²) in [5, 5.41) is 0. The molecule has 2 unspecified atom stereocenters. The molecule has 0 aromatic heterocycles. The average molecular weight is 531 g/mol. The van der Waals surface area contributed by atoms with Crippen LogP contribution in [0.1, 0.15) is 41.5 Å². The highest BCUT2D eigenvalue weighted by Crippen LogP contribution is 2.43. The van der Waals surface area contributed by atoms with Crippen LogP contribution in [0.4, 0.5) is 0 Å². The van der Waals surface area contributed by atoms with E-state index in [4.69, 9.17) is 28.4 Å². The lowest BCUT2D eigenvalue weighted by Crippen LogP contribution is -2.21. The quantitative estimate of drug-likeness (QED) is 0.158. The summed E-state index contributed by atoms with van der Waals surface area (Å²) in [6.07, 6.45) is -1.75. The molecule has 0 saturated heterocycles. The normalized spacial score (nSPS) is 12.1. The Kier molecular flexibility index (Phi) is 11.4. The zero-order chi connectivity index (χ0) is 27.5. The lowest BCUT2D eigenvalue weighted by Gasteiger charge is -2.20. The molecule has 0 aliphatic carbocycles. The second kappa shape index (κ2) is 14.2. The first-order valence-electron chi connectivity index (χ1n) is 11.8. The number of rotatable bonds is 14. The molecule has 2 rings (SSSR count). The van der Waals surface area contributed by atoms with E-state index in [1.807, 2.05) is 38.1 Å².